The maximum atomic E-state index is 2.52. The molecule has 12 aromatic rings. The predicted octanol–water partition coefficient (Wildman–Crippen LogP) is 17.1. The third-order valence-electron chi connectivity index (χ3n) is 14.6. The standard InChI is InChI=1S/C65H42N2/c1-2-17-43(18-3-1)44-35-37-46(38-36-44)51-24-7-11-31-60(51)66(61-34-15-20-45-19-4-5-23-50(45)61)49-22-14-21-47(41-49)48-39-40-53-52-25-6-9-28-56(52)65(59(53)42-48)57-29-10-13-33-63(57)67-62-32-12-8-26-54(62)55-27-16-30-58(65)64(55)67/h1-42H. The van der Waals surface area contributed by atoms with Crippen LogP contribution in [0.3, 0.4) is 0 Å². The summed E-state index contributed by atoms with van der Waals surface area (Å²) in [5.41, 5.74) is 21.6. The first-order valence-corrected chi connectivity index (χ1v) is 23.3. The van der Waals surface area contributed by atoms with Gasteiger partial charge in [0.25, 0.3) is 0 Å². The lowest BCUT2D eigenvalue weighted by molar-refractivity contribution is 0.749. The average molecular weight is 851 g/mol. The van der Waals surface area contributed by atoms with E-state index in [4.69, 9.17) is 0 Å². The van der Waals surface area contributed by atoms with Gasteiger partial charge in [-0.05, 0) is 109 Å². The highest BCUT2D eigenvalue weighted by Gasteiger charge is 2.50. The van der Waals surface area contributed by atoms with Crippen LogP contribution in [0.25, 0.3) is 82.8 Å². The summed E-state index contributed by atoms with van der Waals surface area (Å²) in [6, 6.07) is 94.4. The number of para-hydroxylation sites is 4. The molecule has 1 aliphatic heterocycles. The predicted molar refractivity (Wildman–Crippen MR) is 280 cm³/mol. The van der Waals surface area contributed by atoms with E-state index in [0.717, 1.165) is 22.6 Å². The Labute approximate surface area is 389 Å². The highest BCUT2D eigenvalue weighted by atomic mass is 15.1. The zero-order valence-electron chi connectivity index (χ0n) is 36.6. The van der Waals surface area contributed by atoms with Gasteiger partial charge >= 0.3 is 0 Å². The fourth-order valence-electron chi connectivity index (χ4n) is 11.8. The Bertz CT molecular complexity index is 3930. The van der Waals surface area contributed by atoms with Crippen LogP contribution in [-0.4, -0.2) is 4.57 Å². The minimum Gasteiger partial charge on any atom is -0.309 e. The summed E-state index contributed by atoms with van der Waals surface area (Å²) in [6.45, 7) is 0. The highest BCUT2D eigenvalue weighted by molar-refractivity contribution is 6.13. The second-order valence-electron chi connectivity index (χ2n) is 18.0. The zero-order chi connectivity index (χ0) is 44.1. The zero-order valence-corrected chi connectivity index (χ0v) is 36.6. The van der Waals surface area contributed by atoms with Gasteiger partial charge in [-0.2, -0.15) is 0 Å². The van der Waals surface area contributed by atoms with E-state index in [2.05, 4.69) is 264 Å². The number of hydrogen-bond donors (Lipinski definition) is 0. The second kappa shape index (κ2) is 14.7. The Morgan fingerprint density at radius 1 is 0.313 bits per heavy atom. The molecule has 2 heterocycles. The number of nitrogens with zero attached hydrogens (tertiary/aromatic N) is 2. The SMILES string of the molecule is c1ccc(-c2ccc(-c3ccccc3N(c3cccc(-c4ccc5c(c4)C4(c6ccccc6-5)c5ccccc5-n5c6ccccc6c6cccc4c65)c3)c3cccc4ccccc34)cc2)cc1. The molecule has 1 aliphatic carbocycles. The van der Waals surface area contributed by atoms with Gasteiger partial charge in [-0.3, -0.25) is 0 Å². The molecule has 2 heteroatoms. The maximum absolute atomic E-state index is 2.52. The first kappa shape index (κ1) is 37.6. The molecular weight excluding hydrogens is 809 g/mol. The van der Waals surface area contributed by atoms with Crippen molar-refractivity contribution in [3.63, 3.8) is 0 Å². The Hall–Kier alpha value is -8.72. The van der Waals surface area contributed by atoms with Gasteiger partial charge < -0.3 is 9.47 Å². The Morgan fingerprint density at radius 3 is 1.78 bits per heavy atom. The number of benzene rings is 11. The molecule has 11 aromatic carbocycles. The highest BCUT2D eigenvalue weighted by Crippen LogP contribution is 2.61. The fourth-order valence-corrected chi connectivity index (χ4v) is 11.8. The molecule has 0 fully saturated rings. The van der Waals surface area contributed by atoms with E-state index in [0.29, 0.717) is 0 Å². The van der Waals surface area contributed by atoms with Crippen molar-refractivity contribution in [2.45, 2.75) is 5.41 Å². The van der Waals surface area contributed by atoms with Gasteiger partial charge in [-0.25, -0.2) is 0 Å². The van der Waals surface area contributed by atoms with Crippen LogP contribution in [0, 0.1) is 0 Å². The van der Waals surface area contributed by atoms with Crippen molar-refractivity contribution in [2.24, 2.45) is 0 Å². The second-order valence-corrected chi connectivity index (χ2v) is 18.0. The summed E-state index contributed by atoms with van der Waals surface area (Å²) in [4.78, 5) is 2.47. The largest absolute Gasteiger partial charge is 0.309 e. The van der Waals surface area contributed by atoms with Gasteiger partial charge in [0.15, 0.2) is 0 Å². The summed E-state index contributed by atoms with van der Waals surface area (Å²) >= 11 is 0. The number of fused-ring (bicyclic) bond motifs is 13. The van der Waals surface area contributed by atoms with Crippen LogP contribution >= 0.6 is 0 Å². The lowest BCUT2D eigenvalue weighted by Crippen LogP contribution is -2.33. The summed E-state index contributed by atoms with van der Waals surface area (Å²) < 4.78 is 2.52. The molecule has 0 saturated carbocycles. The number of rotatable bonds is 6. The smallest absolute Gasteiger partial charge is 0.0754 e. The van der Waals surface area contributed by atoms with Gasteiger partial charge in [0, 0.05) is 27.4 Å². The van der Waals surface area contributed by atoms with Crippen molar-refractivity contribution < 1.29 is 0 Å². The molecule has 0 radical (unpaired) electrons. The van der Waals surface area contributed by atoms with Crippen molar-refractivity contribution in [1.29, 1.82) is 0 Å². The van der Waals surface area contributed by atoms with E-state index in [-0.39, 0.29) is 0 Å². The van der Waals surface area contributed by atoms with Crippen molar-refractivity contribution in [3.05, 3.63) is 277 Å². The third-order valence-corrected chi connectivity index (χ3v) is 14.6. The topological polar surface area (TPSA) is 8.17 Å². The quantitative estimate of drug-likeness (QED) is 0.162. The van der Waals surface area contributed by atoms with E-state index in [9.17, 15) is 0 Å². The summed E-state index contributed by atoms with van der Waals surface area (Å²) in [5, 5.41) is 4.98. The minimum absolute atomic E-state index is 0.524. The van der Waals surface area contributed by atoms with Gasteiger partial charge in [-0.1, -0.05) is 212 Å². The monoisotopic (exact) mass is 850 g/mol. The van der Waals surface area contributed by atoms with Crippen molar-refractivity contribution >= 4 is 49.6 Å². The molecule has 1 unspecified atom stereocenters. The fraction of sp³-hybridized carbons (Fsp3) is 0.0154. The van der Waals surface area contributed by atoms with E-state index in [1.165, 1.54) is 99.5 Å². The van der Waals surface area contributed by atoms with E-state index >= 15 is 0 Å². The molecule has 0 amide bonds. The van der Waals surface area contributed by atoms with Gasteiger partial charge in [0.2, 0.25) is 0 Å². The summed E-state index contributed by atoms with van der Waals surface area (Å²) in [5.74, 6) is 0. The molecular formula is C65H42N2. The van der Waals surface area contributed by atoms with Crippen LogP contribution in [0.15, 0.2) is 255 Å². The van der Waals surface area contributed by atoms with E-state index in [1.807, 2.05) is 0 Å². The molecule has 2 aliphatic rings. The summed E-state index contributed by atoms with van der Waals surface area (Å²) in [7, 11) is 0. The molecule has 2 nitrogen and oxygen atoms in total. The number of anilines is 3. The number of hydrogen-bond acceptors (Lipinski definition) is 1. The molecule has 0 N–H and O–H groups in total. The van der Waals surface area contributed by atoms with Crippen molar-refractivity contribution in [1.82, 2.24) is 4.57 Å². The summed E-state index contributed by atoms with van der Waals surface area (Å²) in [6.07, 6.45) is 0. The first-order chi connectivity index (χ1) is 33.3. The average Bonchev–Trinajstić information content (AvgIpc) is 3.90. The van der Waals surface area contributed by atoms with Crippen LogP contribution in [0.1, 0.15) is 22.3 Å². The molecule has 312 valence electrons. The lowest BCUT2D eigenvalue weighted by atomic mass is 9.65. The van der Waals surface area contributed by atoms with Gasteiger partial charge in [0.05, 0.1) is 33.5 Å². The molecule has 0 bridgehead atoms. The van der Waals surface area contributed by atoms with E-state index < -0.39 is 5.41 Å². The Balaban J connectivity index is 0.974. The van der Waals surface area contributed by atoms with Crippen LogP contribution in [0.2, 0.25) is 0 Å². The van der Waals surface area contributed by atoms with Gasteiger partial charge in [0.1, 0.15) is 0 Å². The van der Waals surface area contributed by atoms with Crippen LogP contribution < -0.4 is 4.90 Å². The van der Waals surface area contributed by atoms with Crippen molar-refractivity contribution in [3.8, 4) is 50.2 Å². The third kappa shape index (κ3) is 5.45. The number of aromatic nitrogens is 1. The molecule has 14 rings (SSSR count). The Kier molecular flexibility index (Phi) is 8.23. The first-order valence-electron chi connectivity index (χ1n) is 23.3. The van der Waals surface area contributed by atoms with E-state index in [1.54, 1.807) is 0 Å². The van der Waals surface area contributed by atoms with Crippen LogP contribution in [-0.2, 0) is 5.41 Å². The van der Waals surface area contributed by atoms with Crippen molar-refractivity contribution in [2.75, 3.05) is 4.90 Å². The van der Waals surface area contributed by atoms with Crippen LogP contribution in [0.4, 0.5) is 17.1 Å². The minimum atomic E-state index is -0.524. The molecule has 1 atom stereocenters. The molecule has 1 aromatic heterocycles. The van der Waals surface area contributed by atoms with Crippen LogP contribution in [0.5, 0.6) is 0 Å². The normalized spacial score (nSPS) is 14.3. The lowest BCUT2D eigenvalue weighted by Gasteiger charge is -2.39. The molecule has 0 saturated heterocycles. The van der Waals surface area contributed by atoms with Gasteiger partial charge in [-0.15, -0.1) is 0 Å². The maximum Gasteiger partial charge on any atom is 0.0754 e. The molecule has 67 heavy (non-hydrogen) atoms. The Morgan fingerprint density at radius 2 is 0.881 bits per heavy atom. The molecule has 1 spiro atoms.